The fourth-order valence-electron chi connectivity index (χ4n) is 2.62. The summed E-state index contributed by atoms with van der Waals surface area (Å²) in [7, 11) is 0. The third kappa shape index (κ3) is 6.42. The number of anilines is 2. The van der Waals surface area contributed by atoms with Gasteiger partial charge in [-0.25, -0.2) is 0 Å². The molecule has 2 amide bonds. The number of nitrogens with one attached hydrogen (secondary N) is 2. The van der Waals surface area contributed by atoms with E-state index < -0.39 is 0 Å². The Bertz CT molecular complexity index is 756. The van der Waals surface area contributed by atoms with Gasteiger partial charge in [0.2, 0.25) is 5.91 Å². The van der Waals surface area contributed by atoms with Gasteiger partial charge in [0.1, 0.15) is 12.4 Å². The highest BCUT2D eigenvalue weighted by Gasteiger charge is 2.10. The number of carbonyl (C=O) groups is 2. The summed E-state index contributed by atoms with van der Waals surface area (Å²) in [6.45, 7) is 9.03. The summed E-state index contributed by atoms with van der Waals surface area (Å²) < 4.78 is 5.87. The molecule has 2 rings (SSSR count). The van der Waals surface area contributed by atoms with Crippen LogP contribution in [-0.4, -0.2) is 43.0 Å². The van der Waals surface area contributed by atoms with E-state index in [1.165, 1.54) is 6.92 Å². The standard InChI is InChI=1S/C21H27N3O3/c1-4-24(5-2)14-15-27-20-9-7-6-8-19(20)23-21(26)17-10-12-18(13-11-17)22-16(3)25/h6-13H,4-5,14-15H2,1-3H3,(H,22,25)(H,23,26). The van der Waals surface area contributed by atoms with E-state index in [1.807, 2.05) is 24.3 Å². The number of hydrogen-bond donors (Lipinski definition) is 2. The number of para-hydroxylation sites is 2. The van der Waals surface area contributed by atoms with Crippen LogP contribution in [0.1, 0.15) is 31.1 Å². The van der Waals surface area contributed by atoms with E-state index in [0.29, 0.717) is 29.3 Å². The Morgan fingerprint density at radius 2 is 1.63 bits per heavy atom. The number of ether oxygens (including phenoxy) is 1. The zero-order valence-corrected chi connectivity index (χ0v) is 16.1. The van der Waals surface area contributed by atoms with Crippen molar-refractivity contribution in [3.63, 3.8) is 0 Å². The number of hydrogen-bond acceptors (Lipinski definition) is 4. The first-order chi connectivity index (χ1) is 13.0. The van der Waals surface area contributed by atoms with Crippen LogP contribution in [0, 0.1) is 0 Å². The molecule has 0 aliphatic carbocycles. The highest BCUT2D eigenvalue weighted by Crippen LogP contribution is 2.24. The largest absolute Gasteiger partial charge is 0.490 e. The number of carbonyl (C=O) groups excluding carboxylic acids is 2. The Morgan fingerprint density at radius 1 is 0.963 bits per heavy atom. The Kier molecular flexibility index (Phi) is 7.82. The van der Waals surface area contributed by atoms with Crippen molar-refractivity contribution in [2.24, 2.45) is 0 Å². The smallest absolute Gasteiger partial charge is 0.255 e. The molecule has 0 unspecified atom stereocenters. The molecule has 0 bridgehead atoms. The van der Waals surface area contributed by atoms with Gasteiger partial charge in [-0.15, -0.1) is 0 Å². The number of nitrogens with zero attached hydrogens (tertiary/aromatic N) is 1. The molecule has 144 valence electrons. The average molecular weight is 369 g/mol. The third-order valence-corrected chi connectivity index (χ3v) is 4.16. The summed E-state index contributed by atoms with van der Waals surface area (Å²) in [6.07, 6.45) is 0. The summed E-state index contributed by atoms with van der Waals surface area (Å²) in [5.41, 5.74) is 1.79. The van der Waals surface area contributed by atoms with Gasteiger partial charge in [-0.1, -0.05) is 26.0 Å². The molecule has 6 nitrogen and oxygen atoms in total. The van der Waals surface area contributed by atoms with E-state index in [9.17, 15) is 9.59 Å². The maximum absolute atomic E-state index is 12.5. The molecular formula is C21H27N3O3. The van der Waals surface area contributed by atoms with E-state index in [0.717, 1.165) is 19.6 Å². The Hall–Kier alpha value is -2.86. The fraction of sp³-hybridized carbons (Fsp3) is 0.333. The second-order valence-corrected chi connectivity index (χ2v) is 6.08. The van der Waals surface area contributed by atoms with Crippen LogP contribution in [0.2, 0.25) is 0 Å². The lowest BCUT2D eigenvalue weighted by Crippen LogP contribution is -2.28. The van der Waals surface area contributed by atoms with E-state index in [2.05, 4.69) is 29.4 Å². The first kappa shape index (κ1) is 20.5. The van der Waals surface area contributed by atoms with Gasteiger partial charge in [-0.3, -0.25) is 9.59 Å². The van der Waals surface area contributed by atoms with Crippen LogP contribution in [-0.2, 0) is 4.79 Å². The van der Waals surface area contributed by atoms with E-state index in [-0.39, 0.29) is 11.8 Å². The van der Waals surface area contributed by atoms with Crippen LogP contribution in [0.15, 0.2) is 48.5 Å². The molecule has 27 heavy (non-hydrogen) atoms. The molecule has 2 aromatic rings. The molecule has 6 heteroatoms. The first-order valence-corrected chi connectivity index (χ1v) is 9.16. The SMILES string of the molecule is CCN(CC)CCOc1ccccc1NC(=O)c1ccc(NC(C)=O)cc1. The minimum Gasteiger partial charge on any atom is -0.490 e. The average Bonchev–Trinajstić information content (AvgIpc) is 2.66. The highest BCUT2D eigenvalue weighted by atomic mass is 16.5. The molecule has 0 spiro atoms. The van der Waals surface area contributed by atoms with Crippen LogP contribution >= 0.6 is 0 Å². The molecule has 0 radical (unpaired) electrons. The van der Waals surface area contributed by atoms with Gasteiger partial charge in [-0.2, -0.15) is 0 Å². The number of rotatable bonds is 9. The van der Waals surface area contributed by atoms with Crippen molar-refractivity contribution in [1.82, 2.24) is 4.90 Å². The summed E-state index contributed by atoms with van der Waals surface area (Å²) in [6, 6.07) is 14.1. The molecule has 0 heterocycles. The van der Waals surface area contributed by atoms with Crippen molar-refractivity contribution in [1.29, 1.82) is 0 Å². The summed E-state index contributed by atoms with van der Waals surface area (Å²) in [5, 5.41) is 5.57. The van der Waals surface area contributed by atoms with Crippen LogP contribution in [0.3, 0.4) is 0 Å². The lowest BCUT2D eigenvalue weighted by Gasteiger charge is -2.19. The molecule has 0 fully saturated rings. The topological polar surface area (TPSA) is 70.7 Å². The Morgan fingerprint density at radius 3 is 2.26 bits per heavy atom. The van der Waals surface area contributed by atoms with E-state index >= 15 is 0 Å². The maximum atomic E-state index is 12.5. The molecule has 0 aliphatic rings. The van der Waals surface area contributed by atoms with Gasteiger partial charge < -0.3 is 20.3 Å². The molecule has 0 aromatic heterocycles. The van der Waals surface area contributed by atoms with Gasteiger partial charge in [0.25, 0.3) is 5.91 Å². The quantitative estimate of drug-likeness (QED) is 0.708. The Balaban J connectivity index is 2.00. The number of amides is 2. The highest BCUT2D eigenvalue weighted by molar-refractivity contribution is 6.05. The van der Waals surface area contributed by atoms with Crippen LogP contribution in [0.25, 0.3) is 0 Å². The van der Waals surface area contributed by atoms with E-state index in [1.54, 1.807) is 24.3 Å². The molecule has 0 aliphatic heterocycles. The van der Waals surface area contributed by atoms with Gasteiger partial charge in [0.05, 0.1) is 5.69 Å². The van der Waals surface area contributed by atoms with Gasteiger partial charge >= 0.3 is 0 Å². The predicted octanol–water partition coefficient (Wildman–Crippen LogP) is 3.62. The molecule has 0 saturated heterocycles. The number of benzene rings is 2. The van der Waals surface area contributed by atoms with Crippen molar-refractivity contribution < 1.29 is 14.3 Å². The molecule has 0 saturated carbocycles. The van der Waals surface area contributed by atoms with Crippen LogP contribution < -0.4 is 15.4 Å². The minimum absolute atomic E-state index is 0.150. The van der Waals surface area contributed by atoms with Gasteiger partial charge in [0.15, 0.2) is 0 Å². The van der Waals surface area contributed by atoms with Crippen LogP contribution in [0.4, 0.5) is 11.4 Å². The fourth-order valence-corrected chi connectivity index (χ4v) is 2.62. The van der Waals surface area contributed by atoms with Gasteiger partial charge in [0, 0.05) is 24.7 Å². The summed E-state index contributed by atoms with van der Waals surface area (Å²) in [4.78, 5) is 25.9. The molecular weight excluding hydrogens is 342 g/mol. The van der Waals surface area contributed by atoms with Crippen molar-refractivity contribution in [2.45, 2.75) is 20.8 Å². The zero-order chi connectivity index (χ0) is 19.6. The first-order valence-electron chi connectivity index (χ1n) is 9.16. The third-order valence-electron chi connectivity index (χ3n) is 4.16. The van der Waals surface area contributed by atoms with Crippen molar-refractivity contribution >= 4 is 23.2 Å². The monoisotopic (exact) mass is 369 g/mol. The summed E-state index contributed by atoms with van der Waals surface area (Å²) >= 11 is 0. The maximum Gasteiger partial charge on any atom is 0.255 e. The van der Waals surface area contributed by atoms with Crippen LogP contribution in [0.5, 0.6) is 5.75 Å². The van der Waals surface area contributed by atoms with Crippen molar-refractivity contribution in [3.05, 3.63) is 54.1 Å². The lowest BCUT2D eigenvalue weighted by atomic mass is 10.2. The molecule has 2 N–H and O–H groups in total. The second kappa shape index (κ2) is 10.3. The predicted molar refractivity (Wildman–Crippen MR) is 108 cm³/mol. The van der Waals surface area contributed by atoms with Crippen molar-refractivity contribution in [2.75, 3.05) is 36.9 Å². The molecule has 0 atom stereocenters. The minimum atomic E-state index is -0.232. The Labute approximate surface area is 160 Å². The second-order valence-electron chi connectivity index (χ2n) is 6.08. The normalized spacial score (nSPS) is 10.5. The lowest BCUT2D eigenvalue weighted by molar-refractivity contribution is -0.114. The molecule has 2 aromatic carbocycles. The van der Waals surface area contributed by atoms with Gasteiger partial charge in [-0.05, 0) is 49.5 Å². The van der Waals surface area contributed by atoms with E-state index in [4.69, 9.17) is 4.74 Å². The van der Waals surface area contributed by atoms with Crippen molar-refractivity contribution in [3.8, 4) is 5.75 Å². The summed E-state index contributed by atoms with van der Waals surface area (Å²) in [5.74, 6) is 0.264. The number of likely N-dealkylation sites (N-methyl/N-ethyl adjacent to an activating group) is 1. The zero-order valence-electron chi connectivity index (χ0n) is 16.1.